The highest BCUT2D eigenvalue weighted by atomic mass is 16.4. The summed E-state index contributed by atoms with van der Waals surface area (Å²) in [6, 6.07) is 7.19. The lowest BCUT2D eigenvalue weighted by Gasteiger charge is -2.30. The fourth-order valence-electron chi connectivity index (χ4n) is 11.8. The molecule has 0 saturated heterocycles. The number of amides is 10. The van der Waals surface area contributed by atoms with Crippen LogP contribution in [-0.4, -0.2) is 164 Å². The predicted octanol–water partition coefficient (Wildman–Crippen LogP) is 4.04. The van der Waals surface area contributed by atoms with E-state index in [0.717, 1.165) is 10.9 Å². The first-order chi connectivity index (χ1) is 48.5. The SMILES string of the molecule is CC(C)C[C@H](NC(=O)[C@H](CC(C)C)NC(=O)[C@H](Cc1ccccc1)NC(=O)[C@H](CC(C)C)NC(=O)[C@H](CC(C)C)NC(=O)[C@H](CC(C)C)NC(=O)[C@@H](NC(=O)[C@H](Cc1ccc(O)cc1)NC(=O)[C@H](CCC(=O)O)NC(=O)[C@H](Cc1c[nH]c2ccccc12)NC(=O)[C@@H](N)CCCCN)C(C)C)C(=O)O. The Kier molecular flexibility index (Phi) is 35.8. The molecule has 11 atom stereocenters. The normalized spacial score (nSPS) is 14.8. The summed E-state index contributed by atoms with van der Waals surface area (Å²) in [7, 11) is 0. The van der Waals surface area contributed by atoms with Crippen LogP contribution in [0.25, 0.3) is 10.9 Å². The minimum Gasteiger partial charge on any atom is -0.508 e. The van der Waals surface area contributed by atoms with E-state index in [4.69, 9.17) is 11.5 Å². The topological polar surface area (TPSA) is 454 Å². The number of phenolic OH excluding ortho intramolecular Hbond substituents is 1. The molecule has 0 unspecified atom stereocenters. The lowest BCUT2D eigenvalue weighted by molar-refractivity contribution is -0.143. The molecule has 10 amide bonds. The van der Waals surface area contributed by atoms with E-state index >= 15 is 0 Å². The van der Waals surface area contributed by atoms with Crippen molar-refractivity contribution < 1.29 is 72.9 Å². The second-order valence-electron chi connectivity index (χ2n) is 29.2. The van der Waals surface area contributed by atoms with Crippen LogP contribution in [0, 0.1) is 35.5 Å². The van der Waals surface area contributed by atoms with Gasteiger partial charge >= 0.3 is 11.9 Å². The number of hydrogen-bond donors (Lipinski definition) is 16. The van der Waals surface area contributed by atoms with Crippen molar-refractivity contribution in [1.82, 2.24) is 58.2 Å². The number of aromatic nitrogens is 1. The number of phenols is 1. The van der Waals surface area contributed by atoms with Crippen LogP contribution < -0.4 is 64.6 Å². The zero-order chi connectivity index (χ0) is 76.8. The number of nitrogens with one attached hydrogen (secondary N) is 11. The molecule has 28 nitrogen and oxygen atoms in total. The molecule has 28 heteroatoms. The number of unbranched alkanes of at least 4 members (excludes halogenated alkanes) is 1. The Hall–Kier alpha value is -9.44. The number of carbonyl (C=O) groups is 12. The molecule has 0 saturated carbocycles. The number of aliphatic carboxylic acids is 2. The molecular formula is C75H113N13O15. The Bertz CT molecular complexity index is 3450. The Morgan fingerprint density at radius 1 is 0.398 bits per heavy atom. The maximum atomic E-state index is 14.8. The Morgan fingerprint density at radius 2 is 0.767 bits per heavy atom. The summed E-state index contributed by atoms with van der Waals surface area (Å²) in [5, 5.41) is 58.0. The summed E-state index contributed by atoms with van der Waals surface area (Å²) in [6.07, 6.45) is 2.00. The summed E-state index contributed by atoms with van der Waals surface area (Å²) in [4.78, 5) is 172. The lowest BCUT2D eigenvalue weighted by atomic mass is 9.97. The number of nitrogens with two attached hydrogens (primary N) is 2. The first kappa shape index (κ1) is 86.0. The lowest BCUT2D eigenvalue weighted by Crippen LogP contribution is -2.62. The molecule has 0 spiro atoms. The number of aromatic hydroxyl groups is 1. The monoisotopic (exact) mass is 1440 g/mol. The fraction of sp³-hybridized carbons (Fsp3) is 0.573. The van der Waals surface area contributed by atoms with Gasteiger partial charge in [-0.2, -0.15) is 0 Å². The first-order valence-electron chi connectivity index (χ1n) is 35.9. The zero-order valence-corrected chi connectivity index (χ0v) is 61.7. The molecule has 0 aliphatic heterocycles. The van der Waals surface area contributed by atoms with Gasteiger partial charge in [-0.3, -0.25) is 52.7 Å². The highest BCUT2D eigenvalue weighted by molar-refractivity contribution is 5.99. The van der Waals surface area contributed by atoms with Crippen molar-refractivity contribution in [2.24, 2.45) is 47.0 Å². The summed E-state index contributed by atoms with van der Waals surface area (Å²) >= 11 is 0. The van der Waals surface area contributed by atoms with Gasteiger partial charge in [0.05, 0.1) is 6.04 Å². The molecule has 1 heterocycles. The number of carboxylic acids is 2. The van der Waals surface area contributed by atoms with E-state index in [1.807, 2.05) is 73.6 Å². The Morgan fingerprint density at radius 3 is 1.21 bits per heavy atom. The van der Waals surface area contributed by atoms with Crippen LogP contribution in [0.3, 0.4) is 0 Å². The number of hydrogen-bond acceptors (Lipinski definition) is 15. The smallest absolute Gasteiger partial charge is 0.326 e. The van der Waals surface area contributed by atoms with Crippen molar-refractivity contribution in [1.29, 1.82) is 0 Å². The average molecular weight is 1440 g/mol. The van der Waals surface area contributed by atoms with Gasteiger partial charge < -0.3 is 84.9 Å². The number of fused-ring (bicyclic) bond motifs is 1. The van der Waals surface area contributed by atoms with Gasteiger partial charge in [0.15, 0.2) is 0 Å². The minimum absolute atomic E-state index is 0.0320. The highest BCUT2D eigenvalue weighted by Gasteiger charge is 2.38. The van der Waals surface area contributed by atoms with E-state index in [-0.39, 0.29) is 93.1 Å². The number of para-hydroxylation sites is 1. The van der Waals surface area contributed by atoms with Gasteiger partial charge in [0.2, 0.25) is 59.1 Å². The van der Waals surface area contributed by atoms with E-state index in [2.05, 4.69) is 58.2 Å². The van der Waals surface area contributed by atoms with Gasteiger partial charge in [-0.25, -0.2) is 4.79 Å². The third-order valence-electron chi connectivity index (χ3n) is 17.2. The van der Waals surface area contributed by atoms with Crippen LogP contribution in [0.4, 0.5) is 0 Å². The molecule has 4 rings (SSSR count). The number of benzene rings is 3. The van der Waals surface area contributed by atoms with Gasteiger partial charge in [0.1, 0.15) is 66.2 Å². The van der Waals surface area contributed by atoms with Crippen LogP contribution in [0.5, 0.6) is 5.75 Å². The number of aromatic amines is 1. The maximum Gasteiger partial charge on any atom is 0.326 e. The Balaban J connectivity index is 1.63. The Labute approximate surface area is 604 Å². The zero-order valence-electron chi connectivity index (χ0n) is 61.7. The van der Waals surface area contributed by atoms with E-state index in [0.29, 0.717) is 36.1 Å². The van der Waals surface area contributed by atoms with Crippen LogP contribution in [0.2, 0.25) is 0 Å². The third kappa shape index (κ3) is 30.2. The van der Waals surface area contributed by atoms with Crippen LogP contribution >= 0.6 is 0 Å². The van der Waals surface area contributed by atoms with Crippen molar-refractivity contribution in [3.63, 3.8) is 0 Å². The molecule has 1 aromatic heterocycles. The molecule has 3 aromatic carbocycles. The standard InChI is InChI=1S/C75H113N13O15/c1-41(2)32-55(67(94)81-56(33-42(3)4)68(95)85-59(37-47-20-14-13-15-21-47)71(98)83-57(34-43(5)6)70(97)87-62(75(102)103)36-45(9)10)82-69(96)58(35-44(7)8)86-74(101)64(46(11)12)88-73(100)60(38-48-25-27-50(89)28-26-48)84-66(93)54(29-30-63(90)91)79-72(99)61(80-65(92)52(77)23-18-19-31-76)39-49-40-78-53-24-17-16-22-51(49)53/h13-17,20-22,24-28,40-46,52,54-62,64,78,89H,18-19,23,29-39,76-77H2,1-12H3,(H,79,99)(H,80,92)(H,81,94)(H,82,96)(H,83,98)(H,84,93)(H,85,95)(H,86,101)(H,87,97)(H,88,100)(H,90,91)(H,102,103)/t52-,54-,55-,56-,57-,58-,59-,60-,61-,62-,64-/m0/s1. The van der Waals surface area contributed by atoms with Gasteiger partial charge in [-0.1, -0.05) is 150 Å². The van der Waals surface area contributed by atoms with Crippen molar-refractivity contribution >= 4 is 81.9 Å². The maximum absolute atomic E-state index is 14.8. The molecule has 568 valence electrons. The molecular weight excluding hydrogens is 1320 g/mol. The molecule has 0 bridgehead atoms. The summed E-state index contributed by atoms with van der Waals surface area (Å²) in [5.41, 5.74) is 14.4. The number of H-pyrrole nitrogens is 1. The van der Waals surface area contributed by atoms with E-state index in [1.165, 1.54) is 24.3 Å². The van der Waals surface area contributed by atoms with Gasteiger partial charge in [-0.05, 0) is 128 Å². The van der Waals surface area contributed by atoms with E-state index in [9.17, 15) is 72.9 Å². The number of carbonyl (C=O) groups excluding carboxylic acids is 10. The fourth-order valence-corrected chi connectivity index (χ4v) is 11.8. The van der Waals surface area contributed by atoms with Crippen LogP contribution in [0.1, 0.15) is 164 Å². The van der Waals surface area contributed by atoms with Crippen molar-refractivity contribution in [2.45, 2.75) is 233 Å². The van der Waals surface area contributed by atoms with Crippen molar-refractivity contribution in [2.75, 3.05) is 6.54 Å². The van der Waals surface area contributed by atoms with E-state index in [1.54, 1.807) is 70.3 Å². The quantitative estimate of drug-likeness (QED) is 0.0278. The molecule has 4 aromatic rings. The second-order valence-corrected chi connectivity index (χ2v) is 29.2. The van der Waals surface area contributed by atoms with Crippen LogP contribution in [0.15, 0.2) is 85.1 Å². The third-order valence-corrected chi connectivity index (χ3v) is 17.2. The predicted molar refractivity (Wildman–Crippen MR) is 391 cm³/mol. The van der Waals surface area contributed by atoms with Crippen molar-refractivity contribution in [3.05, 3.63) is 102 Å². The van der Waals surface area contributed by atoms with Crippen molar-refractivity contribution in [3.8, 4) is 5.75 Å². The molecule has 0 aliphatic carbocycles. The average Bonchev–Trinajstić information content (AvgIpc) is 1.47. The molecule has 103 heavy (non-hydrogen) atoms. The molecule has 0 aliphatic rings. The summed E-state index contributed by atoms with van der Waals surface area (Å²) < 4.78 is 0. The minimum atomic E-state index is -1.62. The van der Waals surface area contributed by atoms with Gasteiger partial charge in [0, 0.05) is 42.8 Å². The van der Waals surface area contributed by atoms with Gasteiger partial charge in [0.25, 0.3) is 0 Å². The largest absolute Gasteiger partial charge is 0.508 e. The second kappa shape index (κ2) is 42.9. The molecule has 0 radical (unpaired) electrons. The first-order valence-corrected chi connectivity index (χ1v) is 35.9. The summed E-state index contributed by atoms with van der Waals surface area (Å²) in [5.74, 6) is -12.2. The number of carboxylic acid groups (broad SMARTS) is 2. The number of rotatable bonds is 45. The van der Waals surface area contributed by atoms with Crippen LogP contribution in [-0.2, 0) is 76.8 Å². The molecule has 0 fully saturated rings. The highest BCUT2D eigenvalue weighted by Crippen LogP contribution is 2.22. The molecule has 18 N–H and O–H groups in total. The van der Waals surface area contributed by atoms with Gasteiger partial charge in [-0.15, -0.1) is 0 Å². The summed E-state index contributed by atoms with van der Waals surface area (Å²) in [6.45, 7) is 21.8. The van der Waals surface area contributed by atoms with E-state index < -0.39 is 156 Å².